The van der Waals surface area contributed by atoms with Gasteiger partial charge in [-0.1, -0.05) is 27.7 Å². The first-order chi connectivity index (χ1) is 6.39. The maximum absolute atomic E-state index is 10.5. The summed E-state index contributed by atoms with van der Waals surface area (Å²) in [6, 6.07) is 0.627. The van der Waals surface area contributed by atoms with Gasteiger partial charge in [0, 0.05) is 6.04 Å². The lowest BCUT2D eigenvalue weighted by atomic mass is 9.67. The average Bonchev–Trinajstić information content (AvgIpc) is 2.08. The molecule has 0 radical (unpaired) electrons. The van der Waals surface area contributed by atoms with Crippen LogP contribution in [0.4, 0.5) is 0 Å². The van der Waals surface area contributed by atoms with Crippen LogP contribution < -0.4 is 5.32 Å². The van der Waals surface area contributed by atoms with Gasteiger partial charge < -0.3 is 10.4 Å². The van der Waals surface area contributed by atoms with Crippen molar-refractivity contribution in [1.82, 2.24) is 5.32 Å². The van der Waals surface area contributed by atoms with Crippen LogP contribution in [0.25, 0.3) is 0 Å². The van der Waals surface area contributed by atoms with Crippen LogP contribution in [0.3, 0.4) is 0 Å². The first-order valence-corrected chi connectivity index (χ1v) is 5.85. The van der Waals surface area contributed by atoms with Crippen molar-refractivity contribution in [3.05, 3.63) is 0 Å². The third-order valence-corrected chi connectivity index (χ3v) is 3.70. The SMILES string of the molecule is CCNC1CCC(O)(C(C)(C)C)CC1. The highest BCUT2D eigenvalue weighted by atomic mass is 16.3. The highest BCUT2D eigenvalue weighted by Crippen LogP contribution is 2.41. The molecule has 2 N–H and O–H groups in total. The molecule has 0 saturated heterocycles. The Bertz CT molecular complexity index is 175. The standard InChI is InChI=1S/C12H25NO/c1-5-13-10-6-8-12(14,9-7-10)11(2,3)4/h10,13-14H,5-9H2,1-4H3. The molecule has 1 saturated carbocycles. The number of nitrogens with one attached hydrogen (secondary N) is 1. The fourth-order valence-corrected chi connectivity index (χ4v) is 2.34. The molecule has 0 atom stereocenters. The van der Waals surface area contributed by atoms with Gasteiger partial charge in [0.25, 0.3) is 0 Å². The first kappa shape index (κ1) is 12.0. The molecule has 0 aromatic carbocycles. The third-order valence-electron chi connectivity index (χ3n) is 3.70. The van der Waals surface area contributed by atoms with E-state index in [-0.39, 0.29) is 5.41 Å². The molecular weight excluding hydrogens is 174 g/mol. The van der Waals surface area contributed by atoms with Gasteiger partial charge in [-0.3, -0.25) is 0 Å². The molecule has 0 unspecified atom stereocenters. The van der Waals surface area contributed by atoms with Crippen molar-refractivity contribution >= 4 is 0 Å². The molecule has 1 rings (SSSR count). The zero-order valence-corrected chi connectivity index (χ0v) is 10.1. The minimum Gasteiger partial charge on any atom is -0.389 e. The lowest BCUT2D eigenvalue weighted by Gasteiger charge is -2.45. The van der Waals surface area contributed by atoms with Crippen LogP contribution in [0, 0.1) is 5.41 Å². The topological polar surface area (TPSA) is 32.3 Å². The molecule has 0 spiro atoms. The number of aliphatic hydroxyl groups is 1. The number of hydrogen-bond acceptors (Lipinski definition) is 2. The Hall–Kier alpha value is -0.0800. The number of hydrogen-bond donors (Lipinski definition) is 2. The molecule has 0 aliphatic heterocycles. The zero-order chi connectivity index (χ0) is 10.8. The van der Waals surface area contributed by atoms with Crippen LogP contribution in [0.2, 0.25) is 0 Å². The van der Waals surface area contributed by atoms with Crippen LogP contribution in [-0.4, -0.2) is 23.3 Å². The predicted molar refractivity (Wildman–Crippen MR) is 60.3 cm³/mol. The van der Waals surface area contributed by atoms with Gasteiger partial charge in [0.1, 0.15) is 0 Å². The molecular formula is C12H25NO. The van der Waals surface area contributed by atoms with Gasteiger partial charge in [-0.25, -0.2) is 0 Å². The summed E-state index contributed by atoms with van der Waals surface area (Å²) in [4.78, 5) is 0. The quantitative estimate of drug-likeness (QED) is 0.715. The summed E-state index contributed by atoms with van der Waals surface area (Å²) in [6.45, 7) is 9.60. The van der Waals surface area contributed by atoms with Gasteiger partial charge in [-0.05, 0) is 37.6 Å². The minimum absolute atomic E-state index is 0.0180. The highest BCUT2D eigenvalue weighted by Gasteiger charge is 2.42. The van der Waals surface area contributed by atoms with Gasteiger partial charge in [-0.2, -0.15) is 0 Å². The van der Waals surface area contributed by atoms with E-state index in [0.29, 0.717) is 6.04 Å². The van der Waals surface area contributed by atoms with Crippen molar-refractivity contribution < 1.29 is 5.11 Å². The van der Waals surface area contributed by atoms with Crippen LogP contribution in [0.5, 0.6) is 0 Å². The molecule has 0 bridgehead atoms. The van der Waals surface area contributed by atoms with Crippen molar-refractivity contribution in [2.75, 3.05) is 6.54 Å². The fourth-order valence-electron chi connectivity index (χ4n) is 2.34. The molecule has 2 heteroatoms. The maximum Gasteiger partial charge on any atom is 0.0697 e. The lowest BCUT2D eigenvalue weighted by Crippen LogP contribution is -2.48. The van der Waals surface area contributed by atoms with E-state index in [9.17, 15) is 5.11 Å². The molecule has 1 fully saturated rings. The van der Waals surface area contributed by atoms with Crippen molar-refractivity contribution in [3.8, 4) is 0 Å². The zero-order valence-electron chi connectivity index (χ0n) is 10.1. The summed E-state index contributed by atoms with van der Waals surface area (Å²) in [6.07, 6.45) is 4.10. The Labute approximate surface area is 88.1 Å². The molecule has 0 aromatic heterocycles. The second kappa shape index (κ2) is 4.19. The Kier molecular flexibility index (Phi) is 3.59. The van der Waals surface area contributed by atoms with E-state index in [1.807, 2.05) is 0 Å². The third kappa shape index (κ3) is 2.48. The summed E-state index contributed by atoms with van der Waals surface area (Å²) in [5.74, 6) is 0. The first-order valence-electron chi connectivity index (χ1n) is 5.85. The predicted octanol–water partition coefficient (Wildman–Crippen LogP) is 2.32. The summed E-state index contributed by atoms with van der Waals surface area (Å²) < 4.78 is 0. The van der Waals surface area contributed by atoms with Crippen molar-refractivity contribution in [3.63, 3.8) is 0 Å². The van der Waals surface area contributed by atoms with E-state index in [4.69, 9.17) is 0 Å². The van der Waals surface area contributed by atoms with E-state index >= 15 is 0 Å². The van der Waals surface area contributed by atoms with Gasteiger partial charge in [0.05, 0.1) is 5.60 Å². The van der Waals surface area contributed by atoms with Crippen LogP contribution >= 0.6 is 0 Å². The van der Waals surface area contributed by atoms with E-state index in [2.05, 4.69) is 33.0 Å². The summed E-state index contributed by atoms with van der Waals surface area (Å²) in [5, 5.41) is 13.9. The van der Waals surface area contributed by atoms with Gasteiger partial charge in [-0.15, -0.1) is 0 Å². The normalized spacial score (nSPS) is 34.5. The van der Waals surface area contributed by atoms with Crippen molar-refractivity contribution in [1.29, 1.82) is 0 Å². The second-order valence-corrected chi connectivity index (χ2v) is 5.61. The van der Waals surface area contributed by atoms with Crippen LogP contribution in [0.1, 0.15) is 53.4 Å². The van der Waals surface area contributed by atoms with Crippen molar-refractivity contribution in [2.45, 2.75) is 65.0 Å². The number of rotatable bonds is 2. The monoisotopic (exact) mass is 199 g/mol. The van der Waals surface area contributed by atoms with E-state index in [1.54, 1.807) is 0 Å². The minimum atomic E-state index is -0.446. The van der Waals surface area contributed by atoms with E-state index < -0.39 is 5.60 Å². The summed E-state index contributed by atoms with van der Waals surface area (Å²) in [7, 11) is 0. The van der Waals surface area contributed by atoms with Crippen LogP contribution in [0.15, 0.2) is 0 Å². The van der Waals surface area contributed by atoms with E-state index in [1.165, 1.54) is 0 Å². The molecule has 1 aliphatic carbocycles. The van der Waals surface area contributed by atoms with Crippen LogP contribution in [-0.2, 0) is 0 Å². The van der Waals surface area contributed by atoms with Gasteiger partial charge in [0.15, 0.2) is 0 Å². The largest absolute Gasteiger partial charge is 0.389 e. The molecule has 0 aromatic rings. The average molecular weight is 199 g/mol. The van der Waals surface area contributed by atoms with Crippen molar-refractivity contribution in [2.24, 2.45) is 5.41 Å². The Morgan fingerprint density at radius 2 is 1.79 bits per heavy atom. The highest BCUT2D eigenvalue weighted by molar-refractivity contribution is 4.95. The van der Waals surface area contributed by atoms with Gasteiger partial charge >= 0.3 is 0 Å². The molecule has 0 amide bonds. The Balaban J connectivity index is 2.49. The molecule has 1 aliphatic rings. The Morgan fingerprint density at radius 3 is 2.14 bits per heavy atom. The maximum atomic E-state index is 10.5. The molecule has 2 nitrogen and oxygen atoms in total. The van der Waals surface area contributed by atoms with Gasteiger partial charge in [0.2, 0.25) is 0 Å². The Morgan fingerprint density at radius 1 is 1.29 bits per heavy atom. The van der Waals surface area contributed by atoms with E-state index in [0.717, 1.165) is 32.2 Å². The second-order valence-electron chi connectivity index (χ2n) is 5.61. The molecule has 14 heavy (non-hydrogen) atoms. The summed E-state index contributed by atoms with van der Waals surface area (Å²) >= 11 is 0. The smallest absolute Gasteiger partial charge is 0.0697 e. The fraction of sp³-hybridized carbons (Fsp3) is 1.00. The molecule has 84 valence electrons. The lowest BCUT2D eigenvalue weighted by molar-refractivity contribution is -0.0889. The molecule has 0 heterocycles. The summed E-state index contributed by atoms with van der Waals surface area (Å²) in [5.41, 5.74) is -0.427.